The summed E-state index contributed by atoms with van der Waals surface area (Å²) in [6.45, 7) is 0.774. The molecule has 0 spiro atoms. The molecular formula is C12H22N4O3. The van der Waals surface area contributed by atoms with Gasteiger partial charge >= 0.3 is 0 Å². The quantitative estimate of drug-likeness (QED) is 0.518. The van der Waals surface area contributed by atoms with Gasteiger partial charge in [-0.2, -0.15) is 0 Å². The molecule has 7 heteroatoms. The molecule has 0 aliphatic heterocycles. The number of nitro groups is 1. The molecule has 2 unspecified atom stereocenters. The molecule has 0 saturated carbocycles. The van der Waals surface area contributed by atoms with Gasteiger partial charge in [0.05, 0.1) is 11.0 Å². The number of nitrogens with one attached hydrogen (secondary N) is 1. The van der Waals surface area contributed by atoms with Crippen molar-refractivity contribution in [2.75, 3.05) is 34.8 Å². The number of methoxy groups -OCH3 is 1. The van der Waals surface area contributed by atoms with Crippen molar-refractivity contribution in [3.05, 3.63) is 33.7 Å². The number of ether oxygens (including phenoxy) is 1. The molecule has 0 amide bonds. The molecule has 0 saturated heterocycles. The smallest absolute Gasteiger partial charge is 0.289 e. The lowest BCUT2D eigenvalue weighted by Gasteiger charge is -2.37. The summed E-state index contributed by atoms with van der Waals surface area (Å²) >= 11 is 0. The van der Waals surface area contributed by atoms with Crippen LogP contribution < -0.4 is 11.1 Å². The summed E-state index contributed by atoms with van der Waals surface area (Å²) < 4.78 is 5.57. The Balaban J connectivity index is 3.08. The Morgan fingerprint density at radius 2 is 2.26 bits per heavy atom. The average Bonchev–Trinajstić information content (AvgIpc) is 2.37. The molecular weight excluding hydrogens is 248 g/mol. The molecule has 1 rings (SSSR count). The van der Waals surface area contributed by atoms with Gasteiger partial charge in [0.2, 0.25) is 0 Å². The summed E-state index contributed by atoms with van der Waals surface area (Å²) in [7, 11) is 7.13. The second-order valence-electron chi connectivity index (χ2n) is 4.86. The van der Waals surface area contributed by atoms with E-state index in [4.69, 9.17) is 10.5 Å². The number of hydrogen-bond donors (Lipinski definition) is 2. The molecule has 108 valence electrons. The van der Waals surface area contributed by atoms with E-state index in [2.05, 4.69) is 5.32 Å². The Labute approximate surface area is 113 Å². The van der Waals surface area contributed by atoms with E-state index < -0.39 is 16.6 Å². The first-order valence-electron chi connectivity index (χ1n) is 6.09. The van der Waals surface area contributed by atoms with Crippen LogP contribution in [0.5, 0.6) is 0 Å². The zero-order valence-corrected chi connectivity index (χ0v) is 11.8. The number of hydrogen-bond acceptors (Lipinski definition) is 6. The Bertz CT molecular complexity index is 406. The fraction of sp³-hybridized carbons (Fsp3) is 0.667. The maximum atomic E-state index is 11.0. The second kappa shape index (κ2) is 6.14. The van der Waals surface area contributed by atoms with Crippen LogP contribution in [0.15, 0.2) is 23.5 Å². The third-order valence-corrected chi connectivity index (χ3v) is 3.36. The van der Waals surface area contributed by atoms with Gasteiger partial charge < -0.3 is 20.7 Å². The summed E-state index contributed by atoms with van der Waals surface area (Å²) in [5.41, 5.74) is 5.77. The lowest BCUT2D eigenvalue weighted by atomic mass is 9.84. The van der Waals surface area contributed by atoms with Gasteiger partial charge in [0, 0.05) is 26.8 Å². The van der Waals surface area contributed by atoms with Crippen molar-refractivity contribution < 1.29 is 9.66 Å². The zero-order valence-electron chi connectivity index (χ0n) is 11.8. The van der Waals surface area contributed by atoms with Gasteiger partial charge in [-0.1, -0.05) is 0 Å². The van der Waals surface area contributed by atoms with Gasteiger partial charge in [-0.3, -0.25) is 10.1 Å². The van der Waals surface area contributed by atoms with E-state index in [0.29, 0.717) is 12.1 Å². The van der Waals surface area contributed by atoms with Crippen LogP contribution in [0.25, 0.3) is 0 Å². The highest BCUT2D eigenvalue weighted by molar-refractivity contribution is 5.36. The summed E-state index contributed by atoms with van der Waals surface area (Å²) in [6.07, 6.45) is 3.83. The number of likely N-dealkylation sites (N-methyl/N-ethyl adjacent to an activating group) is 1. The molecule has 1 aliphatic carbocycles. The summed E-state index contributed by atoms with van der Waals surface area (Å²) in [5, 5.41) is 13.8. The largest absolute Gasteiger partial charge is 0.383 e. The predicted molar refractivity (Wildman–Crippen MR) is 73.1 cm³/mol. The van der Waals surface area contributed by atoms with Gasteiger partial charge in [-0.25, -0.2) is 0 Å². The van der Waals surface area contributed by atoms with Gasteiger partial charge in [-0.15, -0.1) is 0 Å². The molecule has 19 heavy (non-hydrogen) atoms. The van der Waals surface area contributed by atoms with E-state index >= 15 is 0 Å². The maximum absolute atomic E-state index is 11.0. The van der Waals surface area contributed by atoms with Crippen molar-refractivity contribution in [1.29, 1.82) is 0 Å². The van der Waals surface area contributed by atoms with Crippen molar-refractivity contribution in [2.24, 2.45) is 5.73 Å². The Morgan fingerprint density at radius 1 is 1.63 bits per heavy atom. The molecule has 0 heterocycles. The highest BCUT2D eigenvalue weighted by Gasteiger charge is 2.40. The van der Waals surface area contributed by atoms with Gasteiger partial charge in [0.15, 0.2) is 0 Å². The molecule has 7 nitrogen and oxygen atoms in total. The molecule has 2 atom stereocenters. The number of nitrogens with two attached hydrogens (primary N) is 1. The van der Waals surface area contributed by atoms with Crippen LogP contribution in [0.1, 0.15) is 6.42 Å². The lowest BCUT2D eigenvalue weighted by molar-refractivity contribution is -0.422. The monoisotopic (exact) mass is 270 g/mol. The van der Waals surface area contributed by atoms with Crippen LogP contribution in [0.2, 0.25) is 0 Å². The molecule has 0 aromatic carbocycles. The minimum absolute atomic E-state index is 0.00692. The molecule has 0 fully saturated rings. The predicted octanol–water partition coefficient (Wildman–Crippen LogP) is -0.0719. The minimum Gasteiger partial charge on any atom is -0.383 e. The van der Waals surface area contributed by atoms with Crippen LogP contribution in [-0.2, 0) is 4.74 Å². The van der Waals surface area contributed by atoms with E-state index in [1.807, 2.05) is 19.0 Å². The van der Waals surface area contributed by atoms with E-state index in [0.717, 1.165) is 6.54 Å². The molecule has 0 bridgehead atoms. The van der Waals surface area contributed by atoms with Crippen molar-refractivity contribution in [2.45, 2.75) is 18.1 Å². The first-order valence-corrected chi connectivity index (χ1v) is 6.09. The topological polar surface area (TPSA) is 93.7 Å². The molecule has 0 aromatic heterocycles. The van der Waals surface area contributed by atoms with E-state index in [1.54, 1.807) is 20.2 Å². The van der Waals surface area contributed by atoms with Crippen molar-refractivity contribution >= 4 is 0 Å². The average molecular weight is 270 g/mol. The first-order chi connectivity index (χ1) is 8.86. The number of nitrogens with zero attached hydrogens (tertiary/aromatic N) is 2. The molecule has 0 aromatic rings. The van der Waals surface area contributed by atoms with E-state index in [-0.39, 0.29) is 5.70 Å². The molecule has 1 aliphatic rings. The van der Waals surface area contributed by atoms with E-state index in [9.17, 15) is 10.1 Å². The fourth-order valence-electron chi connectivity index (χ4n) is 2.11. The SMILES string of the molecule is CNC1=CC(CCN(C)C)(OC)C(N)C=C1[N+](=O)[O-]. The highest BCUT2D eigenvalue weighted by atomic mass is 16.6. The first kappa shape index (κ1) is 15.6. The van der Waals surface area contributed by atoms with E-state index in [1.165, 1.54) is 6.08 Å². The lowest BCUT2D eigenvalue weighted by Crippen LogP contribution is -2.51. The maximum Gasteiger partial charge on any atom is 0.289 e. The van der Waals surface area contributed by atoms with Crippen LogP contribution in [0.3, 0.4) is 0 Å². The van der Waals surface area contributed by atoms with Gasteiger partial charge in [-0.05, 0) is 26.6 Å². The third-order valence-electron chi connectivity index (χ3n) is 3.36. The summed E-state index contributed by atoms with van der Waals surface area (Å²) in [6, 6.07) is -0.546. The minimum atomic E-state index is -0.720. The van der Waals surface area contributed by atoms with Crippen molar-refractivity contribution in [3.8, 4) is 0 Å². The second-order valence-corrected chi connectivity index (χ2v) is 4.86. The Morgan fingerprint density at radius 3 is 2.68 bits per heavy atom. The Kier molecular flexibility index (Phi) is 5.04. The zero-order chi connectivity index (χ0) is 14.6. The van der Waals surface area contributed by atoms with Crippen molar-refractivity contribution in [1.82, 2.24) is 10.2 Å². The third kappa shape index (κ3) is 3.31. The van der Waals surface area contributed by atoms with Gasteiger partial charge in [0.25, 0.3) is 5.70 Å². The standard InChI is InChI=1S/C12H22N4O3/c1-14-9-8-12(19-4,5-6-15(2)3)11(13)7-10(9)16(17)18/h7-8,11,14H,5-6,13H2,1-4H3. The van der Waals surface area contributed by atoms with Crippen LogP contribution in [0.4, 0.5) is 0 Å². The van der Waals surface area contributed by atoms with Crippen LogP contribution in [0, 0.1) is 10.1 Å². The normalized spacial score (nSPS) is 26.9. The number of rotatable bonds is 6. The summed E-state index contributed by atoms with van der Waals surface area (Å²) in [4.78, 5) is 12.6. The summed E-state index contributed by atoms with van der Waals surface area (Å²) in [5.74, 6) is 0. The fourth-order valence-corrected chi connectivity index (χ4v) is 2.11. The molecule has 3 N–H and O–H groups in total. The Hall–Kier alpha value is -1.44. The molecule has 0 radical (unpaired) electrons. The van der Waals surface area contributed by atoms with Crippen LogP contribution >= 0.6 is 0 Å². The van der Waals surface area contributed by atoms with Crippen LogP contribution in [-0.4, -0.2) is 56.3 Å². The highest BCUT2D eigenvalue weighted by Crippen LogP contribution is 2.30. The van der Waals surface area contributed by atoms with Crippen molar-refractivity contribution in [3.63, 3.8) is 0 Å². The van der Waals surface area contributed by atoms with Gasteiger partial charge in [0.1, 0.15) is 11.3 Å².